The summed E-state index contributed by atoms with van der Waals surface area (Å²) in [6.45, 7) is 3.42. The normalized spacial score (nSPS) is 12.6. The summed E-state index contributed by atoms with van der Waals surface area (Å²) < 4.78 is 5.00. The third-order valence-corrected chi connectivity index (χ3v) is 2.54. The Morgan fingerprint density at radius 2 is 2.21 bits per heavy atom. The molecular weight excluding hydrogens is 219 g/mol. The predicted octanol–water partition coefficient (Wildman–Crippen LogP) is 3.09. The molecule has 0 saturated heterocycles. The van der Waals surface area contributed by atoms with Crippen LogP contribution in [0, 0.1) is 6.92 Å². The highest BCUT2D eigenvalue weighted by atomic mass is 35.5. The van der Waals surface area contributed by atoms with Crippen LogP contribution in [0.2, 0.25) is 5.02 Å². The molecule has 1 aromatic carbocycles. The van der Waals surface area contributed by atoms with Gasteiger partial charge in [-0.1, -0.05) is 23.7 Å². The molecular formula is C10H12ClO2P. The molecule has 2 atom stereocenters. The molecule has 0 bridgehead atoms. The van der Waals surface area contributed by atoms with Gasteiger partial charge in [0.1, 0.15) is 6.10 Å². The summed E-state index contributed by atoms with van der Waals surface area (Å²) in [7, 11) is 2.09. The lowest BCUT2D eigenvalue weighted by Gasteiger charge is -2.13. The quantitative estimate of drug-likeness (QED) is 0.746. The van der Waals surface area contributed by atoms with Gasteiger partial charge in [0.05, 0.1) is 0 Å². The number of rotatable bonds is 3. The van der Waals surface area contributed by atoms with Crippen molar-refractivity contribution < 1.29 is 9.32 Å². The number of aryl methyl sites for hydroxylation is 1. The summed E-state index contributed by atoms with van der Waals surface area (Å²) in [6, 6.07) is 5.53. The maximum Gasteiger partial charge on any atom is 0.163 e. The van der Waals surface area contributed by atoms with Crippen molar-refractivity contribution in [2.75, 3.05) is 0 Å². The minimum absolute atomic E-state index is 0.0641. The number of carbonyl (C=O) groups is 1. The van der Waals surface area contributed by atoms with Crippen molar-refractivity contribution in [3.05, 3.63) is 34.3 Å². The Morgan fingerprint density at radius 3 is 2.64 bits per heavy atom. The summed E-state index contributed by atoms with van der Waals surface area (Å²) in [5.41, 5.74) is 1.77. The first-order valence-corrected chi connectivity index (χ1v) is 5.03. The van der Waals surface area contributed by atoms with Crippen molar-refractivity contribution in [2.24, 2.45) is 0 Å². The Balaban J connectivity index is 3.10. The van der Waals surface area contributed by atoms with E-state index >= 15 is 0 Å². The van der Waals surface area contributed by atoms with Crippen molar-refractivity contribution in [1.82, 2.24) is 0 Å². The molecule has 0 heterocycles. The molecule has 0 aromatic heterocycles. The van der Waals surface area contributed by atoms with Crippen LogP contribution in [0.25, 0.3) is 0 Å². The first kappa shape index (κ1) is 11.6. The summed E-state index contributed by atoms with van der Waals surface area (Å²) >= 11 is 6.01. The van der Waals surface area contributed by atoms with E-state index in [1.54, 1.807) is 0 Å². The van der Waals surface area contributed by atoms with Crippen LogP contribution >= 0.6 is 21.1 Å². The van der Waals surface area contributed by atoms with Gasteiger partial charge in [0, 0.05) is 20.1 Å². The maximum absolute atomic E-state index is 11.2. The molecule has 2 nitrogen and oxygen atoms in total. The van der Waals surface area contributed by atoms with Crippen molar-refractivity contribution in [3.63, 3.8) is 0 Å². The monoisotopic (exact) mass is 230 g/mol. The zero-order chi connectivity index (χ0) is 10.7. The summed E-state index contributed by atoms with van der Waals surface area (Å²) in [5.74, 6) is -0.0641. The molecule has 0 amide bonds. The van der Waals surface area contributed by atoms with E-state index in [0.29, 0.717) is 10.6 Å². The van der Waals surface area contributed by atoms with Crippen LogP contribution in [-0.4, -0.2) is 5.78 Å². The molecule has 0 spiro atoms. The topological polar surface area (TPSA) is 26.3 Å². The zero-order valence-electron chi connectivity index (χ0n) is 8.08. The molecule has 0 aliphatic carbocycles. The van der Waals surface area contributed by atoms with Gasteiger partial charge in [0.15, 0.2) is 5.78 Å². The van der Waals surface area contributed by atoms with Gasteiger partial charge >= 0.3 is 0 Å². The number of benzene rings is 1. The Kier molecular flexibility index (Phi) is 4.06. The number of Topliss-reactive ketones (excluding diaryl/α,β-unsaturated/α-hetero) is 1. The van der Waals surface area contributed by atoms with Gasteiger partial charge in [-0.15, -0.1) is 0 Å². The Morgan fingerprint density at radius 1 is 1.57 bits per heavy atom. The molecule has 2 unspecified atom stereocenters. The van der Waals surface area contributed by atoms with Gasteiger partial charge in [-0.2, -0.15) is 0 Å². The number of ketones is 1. The smallest absolute Gasteiger partial charge is 0.163 e. The minimum Gasteiger partial charge on any atom is -0.350 e. The van der Waals surface area contributed by atoms with Crippen molar-refractivity contribution in [1.29, 1.82) is 0 Å². The molecule has 76 valence electrons. The van der Waals surface area contributed by atoms with Gasteiger partial charge < -0.3 is 4.52 Å². The average Bonchev–Trinajstić information content (AvgIpc) is 2.09. The first-order chi connectivity index (χ1) is 6.56. The van der Waals surface area contributed by atoms with Gasteiger partial charge in [0.25, 0.3) is 0 Å². The number of halogens is 1. The van der Waals surface area contributed by atoms with Crippen LogP contribution in [0.15, 0.2) is 18.2 Å². The highest BCUT2D eigenvalue weighted by Crippen LogP contribution is 2.28. The number of hydrogen-bond acceptors (Lipinski definition) is 2. The second-order valence-corrected chi connectivity index (χ2v) is 3.83. The zero-order valence-corrected chi connectivity index (χ0v) is 9.99. The third kappa shape index (κ3) is 2.54. The molecule has 1 rings (SSSR count). The molecule has 14 heavy (non-hydrogen) atoms. The molecule has 1 aromatic rings. The summed E-state index contributed by atoms with van der Waals surface area (Å²) in [6.07, 6.45) is -0.590. The van der Waals surface area contributed by atoms with Crippen molar-refractivity contribution in [3.8, 4) is 0 Å². The highest BCUT2D eigenvalue weighted by Gasteiger charge is 2.18. The van der Waals surface area contributed by atoms with Crippen LogP contribution < -0.4 is 0 Å². The van der Waals surface area contributed by atoms with E-state index in [4.69, 9.17) is 16.1 Å². The maximum atomic E-state index is 11.2. The van der Waals surface area contributed by atoms with Gasteiger partial charge in [-0.25, -0.2) is 0 Å². The fourth-order valence-electron chi connectivity index (χ4n) is 1.23. The van der Waals surface area contributed by atoms with E-state index in [2.05, 4.69) is 9.47 Å². The second kappa shape index (κ2) is 4.88. The SMILES string of the molecule is CC(=O)C(OP)c1ccc(C)cc1Cl. The molecule has 0 aliphatic rings. The summed E-state index contributed by atoms with van der Waals surface area (Å²) in [4.78, 5) is 11.2. The van der Waals surface area contributed by atoms with Gasteiger partial charge in [-0.3, -0.25) is 4.79 Å². The fourth-order valence-corrected chi connectivity index (χ4v) is 1.91. The highest BCUT2D eigenvalue weighted by molar-refractivity contribution is 7.09. The van der Waals surface area contributed by atoms with Crippen molar-refractivity contribution in [2.45, 2.75) is 20.0 Å². The number of carbonyl (C=O) groups excluding carboxylic acids is 1. The third-order valence-electron chi connectivity index (χ3n) is 1.94. The fraction of sp³-hybridized carbons (Fsp3) is 0.300. The largest absolute Gasteiger partial charge is 0.350 e. The standard InChI is InChI=1S/C10H12ClO2P/c1-6-3-4-8(9(11)5-6)10(13-14)7(2)12/h3-5,10H,14H2,1-2H3. The van der Waals surface area contributed by atoms with Crippen molar-refractivity contribution >= 4 is 26.9 Å². The van der Waals surface area contributed by atoms with E-state index < -0.39 is 6.10 Å². The molecule has 0 aliphatic heterocycles. The van der Waals surface area contributed by atoms with E-state index in [0.717, 1.165) is 5.56 Å². The Labute approximate surface area is 90.9 Å². The van der Waals surface area contributed by atoms with Crippen LogP contribution in [0.4, 0.5) is 0 Å². The Bertz CT molecular complexity index is 352. The first-order valence-electron chi connectivity index (χ1n) is 4.18. The summed E-state index contributed by atoms with van der Waals surface area (Å²) in [5, 5.41) is 0.563. The lowest BCUT2D eigenvalue weighted by Crippen LogP contribution is -2.09. The lowest BCUT2D eigenvalue weighted by molar-refractivity contribution is -0.123. The average molecular weight is 231 g/mol. The van der Waals surface area contributed by atoms with Crippen LogP contribution in [0.1, 0.15) is 24.2 Å². The van der Waals surface area contributed by atoms with Gasteiger partial charge in [-0.05, 0) is 25.5 Å². The molecule has 0 saturated carbocycles. The minimum atomic E-state index is -0.590. The van der Waals surface area contributed by atoms with E-state index in [9.17, 15) is 4.79 Å². The predicted molar refractivity (Wildman–Crippen MR) is 60.4 cm³/mol. The lowest BCUT2D eigenvalue weighted by atomic mass is 10.0. The molecule has 0 N–H and O–H groups in total. The van der Waals surface area contributed by atoms with E-state index in [1.165, 1.54) is 6.92 Å². The van der Waals surface area contributed by atoms with Gasteiger partial charge in [0.2, 0.25) is 0 Å². The van der Waals surface area contributed by atoms with Crippen LogP contribution in [0.3, 0.4) is 0 Å². The molecule has 0 radical (unpaired) electrons. The van der Waals surface area contributed by atoms with Crippen LogP contribution in [-0.2, 0) is 9.32 Å². The second-order valence-electron chi connectivity index (χ2n) is 3.15. The van der Waals surface area contributed by atoms with Crippen LogP contribution in [0.5, 0.6) is 0 Å². The van der Waals surface area contributed by atoms with E-state index in [1.807, 2.05) is 25.1 Å². The number of hydrogen-bond donors (Lipinski definition) is 0. The Hall–Kier alpha value is -0.430. The molecule has 0 fully saturated rings. The molecule has 4 heteroatoms. The van der Waals surface area contributed by atoms with E-state index in [-0.39, 0.29) is 5.78 Å².